The zero-order valence-corrected chi connectivity index (χ0v) is 26.7. The Morgan fingerprint density at radius 3 is 2.33 bits per heavy atom. The lowest BCUT2D eigenvalue weighted by Gasteiger charge is -2.41. The molecule has 3 aromatic heterocycles. The van der Waals surface area contributed by atoms with Crippen LogP contribution in [0.15, 0.2) is 30.6 Å². The summed E-state index contributed by atoms with van der Waals surface area (Å²) in [6.07, 6.45) is 9.48. The number of anilines is 2. The van der Waals surface area contributed by atoms with Crippen molar-refractivity contribution in [2.75, 3.05) is 32.5 Å². The van der Waals surface area contributed by atoms with Gasteiger partial charge in [-0.2, -0.15) is 4.98 Å². The first-order valence-electron chi connectivity index (χ1n) is 16.1. The predicted molar refractivity (Wildman–Crippen MR) is 168 cm³/mol. The van der Waals surface area contributed by atoms with Crippen LogP contribution in [-0.2, 0) is 4.74 Å². The van der Waals surface area contributed by atoms with Crippen molar-refractivity contribution in [3.05, 3.63) is 41.9 Å². The number of nitrogens with one attached hydrogen (secondary N) is 1. The SMILES string of the molecule is CN(C)C(=O)c1cc2cnc(Nc3ccc(C(=O)N4CC5CCC(C4)N5C(=O)OC(C)(C)C)cn3)nc2n1C1CC2CCC1C2. The van der Waals surface area contributed by atoms with Crippen LogP contribution in [0.5, 0.6) is 0 Å². The van der Waals surface area contributed by atoms with E-state index in [4.69, 9.17) is 9.72 Å². The van der Waals surface area contributed by atoms with Crippen LogP contribution in [0.4, 0.5) is 16.6 Å². The van der Waals surface area contributed by atoms with Crippen molar-refractivity contribution in [3.8, 4) is 0 Å². The lowest BCUT2D eigenvalue weighted by Crippen LogP contribution is -2.57. The summed E-state index contributed by atoms with van der Waals surface area (Å²) in [5.74, 6) is 2.04. The van der Waals surface area contributed by atoms with Gasteiger partial charge in [-0.1, -0.05) is 6.42 Å². The molecule has 5 atom stereocenters. The van der Waals surface area contributed by atoms with E-state index >= 15 is 0 Å². The zero-order chi connectivity index (χ0) is 31.6. The van der Waals surface area contributed by atoms with Crippen LogP contribution in [0.25, 0.3) is 11.0 Å². The number of ether oxygens (including phenoxy) is 1. The number of amides is 3. The van der Waals surface area contributed by atoms with E-state index in [1.165, 1.54) is 19.3 Å². The average Bonchev–Trinajstić information content (AvgIpc) is 3.77. The molecule has 0 spiro atoms. The van der Waals surface area contributed by atoms with E-state index in [1.54, 1.807) is 43.5 Å². The van der Waals surface area contributed by atoms with E-state index in [9.17, 15) is 14.4 Å². The summed E-state index contributed by atoms with van der Waals surface area (Å²) < 4.78 is 7.78. The number of rotatable bonds is 5. The minimum absolute atomic E-state index is 0.0357. The maximum absolute atomic E-state index is 13.4. The fourth-order valence-corrected chi connectivity index (χ4v) is 7.90. The Kier molecular flexibility index (Phi) is 7.20. The van der Waals surface area contributed by atoms with Gasteiger partial charge in [0.05, 0.1) is 17.6 Å². The number of likely N-dealkylation sites (tertiary alicyclic amines) is 1. The van der Waals surface area contributed by atoms with Gasteiger partial charge in [0.25, 0.3) is 11.8 Å². The fourth-order valence-electron chi connectivity index (χ4n) is 7.90. The normalized spacial score (nSPS) is 25.6. The van der Waals surface area contributed by atoms with Gasteiger partial charge in [-0.25, -0.2) is 14.8 Å². The molecule has 0 radical (unpaired) electrons. The quantitative estimate of drug-likeness (QED) is 0.432. The molecular formula is C33H42N8O4. The molecule has 0 aromatic carbocycles. The van der Waals surface area contributed by atoms with E-state index in [1.807, 2.05) is 36.6 Å². The number of hydrogen-bond acceptors (Lipinski definition) is 8. The van der Waals surface area contributed by atoms with Gasteiger partial charge < -0.3 is 24.4 Å². The standard InChI is InChI=1S/C33H42N8O4/c1-33(2,3)45-32(44)40-23-9-10-24(40)18-39(17-23)29(42)21-8-11-27(34-15-21)36-31-35-16-22-14-26(30(43)38(4)5)41(28(22)37-31)25-13-19-6-7-20(25)12-19/h8,11,14-16,19-20,23-25H,6-7,9-10,12-13,17-18H2,1-5H3,(H,34,35,36,37). The molecule has 4 aliphatic rings. The van der Waals surface area contributed by atoms with E-state index in [2.05, 4.69) is 19.9 Å². The van der Waals surface area contributed by atoms with Crippen LogP contribution in [0.1, 0.15) is 86.2 Å². The van der Waals surface area contributed by atoms with E-state index in [0.29, 0.717) is 47.9 Å². The summed E-state index contributed by atoms with van der Waals surface area (Å²) in [5, 5.41) is 4.03. The number of aromatic nitrogens is 4. The molecule has 2 aliphatic carbocycles. The summed E-state index contributed by atoms with van der Waals surface area (Å²) in [6.45, 7) is 6.55. The van der Waals surface area contributed by atoms with Crippen molar-refractivity contribution < 1.29 is 19.1 Å². The molecule has 12 heteroatoms. The molecule has 238 valence electrons. The van der Waals surface area contributed by atoms with Gasteiger partial charge in [-0.15, -0.1) is 0 Å². The van der Waals surface area contributed by atoms with Gasteiger partial charge in [0.15, 0.2) is 0 Å². The second-order valence-electron chi connectivity index (χ2n) is 14.4. The van der Waals surface area contributed by atoms with Crippen LogP contribution in [0, 0.1) is 11.8 Å². The summed E-state index contributed by atoms with van der Waals surface area (Å²) in [7, 11) is 3.55. The molecule has 4 fully saturated rings. The highest BCUT2D eigenvalue weighted by molar-refractivity contribution is 5.98. The minimum Gasteiger partial charge on any atom is -0.444 e. The maximum atomic E-state index is 13.4. The van der Waals surface area contributed by atoms with Gasteiger partial charge >= 0.3 is 6.09 Å². The number of piperazine rings is 1. The minimum atomic E-state index is -0.560. The Hall–Kier alpha value is -4.22. The molecule has 2 saturated heterocycles. The molecule has 12 nitrogen and oxygen atoms in total. The predicted octanol–water partition coefficient (Wildman–Crippen LogP) is 4.86. The number of hydrogen-bond donors (Lipinski definition) is 1. The molecule has 2 saturated carbocycles. The monoisotopic (exact) mass is 614 g/mol. The van der Waals surface area contributed by atoms with E-state index in [-0.39, 0.29) is 36.0 Å². The van der Waals surface area contributed by atoms with E-state index < -0.39 is 5.60 Å². The Balaban J connectivity index is 1.07. The van der Waals surface area contributed by atoms with Gasteiger partial charge in [-0.05, 0) is 82.9 Å². The van der Waals surface area contributed by atoms with Crippen LogP contribution >= 0.6 is 0 Å². The first-order chi connectivity index (χ1) is 21.4. The molecule has 45 heavy (non-hydrogen) atoms. The van der Waals surface area contributed by atoms with Crippen LogP contribution < -0.4 is 5.32 Å². The summed E-state index contributed by atoms with van der Waals surface area (Å²) in [4.78, 5) is 58.6. The molecule has 3 aromatic rings. The average molecular weight is 615 g/mol. The first kappa shape index (κ1) is 29.5. The molecule has 7 rings (SSSR count). The lowest BCUT2D eigenvalue weighted by molar-refractivity contribution is -0.00336. The highest BCUT2D eigenvalue weighted by Gasteiger charge is 2.46. The molecule has 3 amide bonds. The number of carbonyl (C=O) groups excluding carboxylic acids is 3. The van der Waals surface area contributed by atoms with Crippen LogP contribution in [-0.4, -0.2) is 97.0 Å². The fraction of sp³-hybridized carbons (Fsp3) is 0.576. The highest BCUT2D eigenvalue weighted by Crippen LogP contribution is 2.52. The molecule has 5 unspecified atom stereocenters. The van der Waals surface area contributed by atoms with E-state index in [0.717, 1.165) is 30.3 Å². The van der Waals surface area contributed by atoms with Gasteiger partial charge in [0.1, 0.15) is 22.8 Å². The topological polar surface area (TPSA) is 126 Å². The third-order valence-corrected chi connectivity index (χ3v) is 9.86. The number of pyridine rings is 1. The Morgan fingerprint density at radius 2 is 1.73 bits per heavy atom. The lowest BCUT2D eigenvalue weighted by atomic mass is 9.95. The first-order valence-corrected chi connectivity index (χ1v) is 16.1. The summed E-state index contributed by atoms with van der Waals surface area (Å²) in [5.41, 5.74) is 1.33. The molecule has 5 heterocycles. The second kappa shape index (κ2) is 11.0. The van der Waals surface area contributed by atoms with Crippen molar-refractivity contribution in [2.45, 2.75) is 83.0 Å². The highest BCUT2D eigenvalue weighted by atomic mass is 16.6. The van der Waals surface area contributed by atoms with Gasteiger partial charge in [0.2, 0.25) is 5.95 Å². The van der Waals surface area contributed by atoms with Crippen molar-refractivity contribution in [2.24, 2.45) is 11.8 Å². The number of nitrogens with zero attached hydrogens (tertiary/aromatic N) is 7. The Labute approximate surface area is 263 Å². The summed E-state index contributed by atoms with van der Waals surface area (Å²) >= 11 is 0. The van der Waals surface area contributed by atoms with Gasteiger partial charge in [0, 0.05) is 51.0 Å². The van der Waals surface area contributed by atoms with Crippen molar-refractivity contribution in [1.82, 2.24) is 34.2 Å². The summed E-state index contributed by atoms with van der Waals surface area (Å²) in [6, 6.07) is 5.58. The van der Waals surface area contributed by atoms with Crippen molar-refractivity contribution in [3.63, 3.8) is 0 Å². The second-order valence-corrected chi connectivity index (χ2v) is 14.4. The molecule has 2 aliphatic heterocycles. The van der Waals surface area contributed by atoms with Crippen molar-refractivity contribution in [1.29, 1.82) is 0 Å². The molecular weight excluding hydrogens is 572 g/mol. The number of carbonyl (C=O) groups is 3. The van der Waals surface area contributed by atoms with Crippen molar-refractivity contribution >= 4 is 40.7 Å². The third-order valence-electron chi connectivity index (χ3n) is 9.86. The van der Waals surface area contributed by atoms with Gasteiger partial charge in [-0.3, -0.25) is 14.5 Å². The molecule has 1 N–H and O–H groups in total. The zero-order valence-electron chi connectivity index (χ0n) is 26.7. The maximum Gasteiger partial charge on any atom is 0.410 e. The Morgan fingerprint density at radius 1 is 0.978 bits per heavy atom. The smallest absolute Gasteiger partial charge is 0.410 e. The Bertz CT molecular complexity index is 1630. The van der Waals surface area contributed by atoms with Crippen LogP contribution in [0.2, 0.25) is 0 Å². The number of fused-ring (bicyclic) bond motifs is 5. The largest absolute Gasteiger partial charge is 0.444 e. The van der Waals surface area contributed by atoms with Crippen LogP contribution in [0.3, 0.4) is 0 Å². The third kappa shape index (κ3) is 5.48. The molecule has 4 bridgehead atoms.